The van der Waals surface area contributed by atoms with Gasteiger partial charge in [-0.05, 0) is 5.92 Å². The summed E-state index contributed by atoms with van der Waals surface area (Å²) in [6, 6.07) is 0. The fraction of sp³-hybridized carbons (Fsp3) is 0.714. The van der Waals surface area contributed by atoms with Crippen molar-refractivity contribution in [1.82, 2.24) is 14.8 Å². The Hall–Kier alpha value is -0.940. The minimum atomic E-state index is 0.312. The van der Waals surface area contributed by atoms with Crippen molar-refractivity contribution in [1.29, 1.82) is 0 Å². The number of nitrogens with two attached hydrogens (primary N) is 1. The van der Waals surface area contributed by atoms with Crippen LogP contribution in [-0.4, -0.2) is 14.8 Å². The van der Waals surface area contributed by atoms with Crippen LogP contribution in [0.2, 0.25) is 0 Å². The number of aromatic nitrogens is 3. The number of hydrogen-bond acceptors (Lipinski definition) is 4. The van der Waals surface area contributed by atoms with Gasteiger partial charge in [0.1, 0.15) is 12.9 Å². The Morgan fingerprint density at radius 2 is 2.42 bits per heavy atom. The first-order valence-corrected chi connectivity index (χ1v) is 3.92. The zero-order chi connectivity index (χ0) is 8.97. The molecule has 0 saturated carbocycles. The minimum Gasteiger partial charge on any atom is -0.297 e. The molecule has 0 bridgehead atoms. The highest BCUT2D eigenvalue weighted by atomic mass is 16.6. The van der Waals surface area contributed by atoms with Crippen LogP contribution >= 0.6 is 0 Å². The third-order valence-electron chi connectivity index (χ3n) is 1.45. The van der Waals surface area contributed by atoms with Crippen LogP contribution in [0.4, 0.5) is 0 Å². The van der Waals surface area contributed by atoms with E-state index >= 15 is 0 Å². The second-order valence-electron chi connectivity index (χ2n) is 3.06. The molecule has 0 amide bonds. The molecule has 0 spiro atoms. The summed E-state index contributed by atoms with van der Waals surface area (Å²) in [5.74, 6) is 6.25. The van der Waals surface area contributed by atoms with Gasteiger partial charge in [0, 0.05) is 6.54 Å². The third-order valence-corrected chi connectivity index (χ3v) is 1.45. The van der Waals surface area contributed by atoms with Gasteiger partial charge < -0.3 is 0 Å². The standard InChI is InChI=1S/C7H14N4O/c1-6(2)3-11-7(4-12-8)9-5-10-11/h5-6H,3-4,8H2,1-2H3. The van der Waals surface area contributed by atoms with E-state index in [1.165, 1.54) is 6.33 Å². The van der Waals surface area contributed by atoms with Gasteiger partial charge in [-0.3, -0.25) is 4.84 Å². The molecule has 1 aromatic rings. The van der Waals surface area contributed by atoms with Crippen molar-refractivity contribution in [2.24, 2.45) is 11.8 Å². The second-order valence-corrected chi connectivity index (χ2v) is 3.06. The predicted molar refractivity (Wildman–Crippen MR) is 43.8 cm³/mol. The van der Waals surface area contributed by atoms with Gasteiger partial charge in [0.2, 0.25) is 0 Å². The highest BCUT2D eigenvalue weighted by molar-refractivity contribution is 4.81. The van der Waals surface area contributed by atoms with Gasteiger partial charge in [0.25, 0.3) is 0 Å². The monoisotopic (exact) mass is 170 g/mol. The second kappa shape index (κ2) is 4.18. The van der Waals surface area contributed by atoms with E-state index < -0.39 is 0 Å². The predicted octanol–water partition coefficient (Wildman–Crippen LogP) is 0.324. The fourth-order valence-corrected chi connectivity index (χ4v) is 0.973. The molecule has 12 heavy (non-hydrogen) atoms. The van der Waals surface area contributed by atoms with E-state index in [-0.39, 0.29) is 0 Å². The van der Waals surface area contributed by atoms with Crippen molar-refractivity contribution in [3.05, 3.63) is 12.2 Å². The summed E-state index contributed by atoms with van der Waals surface area (Å²) in [6.07, 6.45) is 1.51. The van der Waals surface area contributed by atoms with Gasteiger partial charge in [0.05, 0.1) is 0 Å². The highest BCUT2D eigenvalue weighted by Gasteiger charge is 2.04. The van der Waals surface area contributed by atoms with Gasteiger partial charge in [-0.15, -0.1) is 0 Å². The first-order chi connectivity index (χ1) is 5.74. The Morgan fingerprint density at radius 3 is 3.00 bits per heavy atom. The third kappa shape index (κ3) is 2.28. The molecule has 2 N–H and O–H groups in total. The maximum Gasteiger partial charge on any atom is 0.154 e. The van der Waals surface area contributed by atoms with Crippen molar-refractivity contribution in [2.45, 2.75) is 27.0 Å². The molecule has 0 aliphatic rings. The fourth-order valence-electron chi connectivity index (χ4n) is 0.973. The average Bonchev–Trinajstić information content (AvgIpc) is 2.37. The maximum absolute atomic E-state index is 4.94. The first-order valence-electron chi connectivity index (χ1n) is 3.92. The number of nitrogens with zero attached hydrogens (tertiary/aromatic N) is 3. The van der Waals surface area contributed by atoms with Gasteiger partial charge >= 0.3 is 0 Å². The minimum absolute atomic E-state index is 0.312. The van der Waals surface area contributed by atoms with E-state index in [0.717, 1.165) is 12.4 Å². The number of rotatable bonds is 4. The molecular formula is C7H14N4O. The van der Waals surface area contributed by atoms with Crippen LogP contribution in [0.25, 0.3) is 0 Å². The lowest BCUT2D eigenvalue weighted by Gasteiger charge is -2.06. The van der Waals surface area contributed by atoms with E-state index in [1.54, 1.807) is 4.68 Å². The normalized spacial score (nSPS) is 11.0. The quantitative estimate of drug-likeness (QED) is 0.661. The molecule has 0 unspecified atom stereocenters. The molecule has 0 fully saturated rings. The molecule has 1 aromatic heterocycles. The Balaban J connectivity index is 2.63. The van der Waals surface area contributed by atoms with E-state index in [2.05, 4.69) is 28.8 Å². The first kappa shape index (κ1) is 9.15. The largest absolute Gasteiger partial charge is 0.297 e. The topological polar surface area (TPSA) is 66.0 Å². The molecular weight excluding hydrogens is 156 g/mol. The molecule has 1 heterocycles. The number of hydrogen-bond donors (Lipinski definition) is 1. The van der Waals surface area contributed by atoms with Crippen molar-refractivity contribution < 1.29 is 4.84 Å². The van der Waals surface area contributed by atoms with Crippen LogP contribution < -0.4 is 5.90 Å². The van der Waals surface area contributed by atoms with Crippen molar-refractivity contribution >= 4 is 0 Å². The van der Waals surface area contributed by atoms with Gasteiger partial charge in [-0.1, -0.05) is 13.8 Å². The van der Waals surface area contributed by atoms with Crippen LogP contribution in [0.1, 0.15) is 19.7 Å². The lowest BCUT2D eigenvalue weighted by Crippen LogP contribution is -2.12. The SMILES string of the molecule is CC(C)Cn1ncnc1CON. The average molecular weight is 170 g/mol. The zero-order valence-electron chi connectivity index (χ0n) is 7.40. The molecule has 0 atom stereocenters. The Kier molecular flexibility index (Phi) is 3.19. The van der Waals surface area contributed by atoms with Crippen molar-refractivity contribution in [3.63, 3.8) is 0 Å². The summed E-state index contributed by atoms with van der Waals surface area (Å²) >= 11 is 0. The smallest absolute Gasteiger partial charge is 0.154 e. The Labute approximate surface area is 71.5 Å². The molecule has 0 aliphatic carbocycles. The molecule has 0 radical (unpaired) electrons. The van der Waals surface area contributed by atoms with E-state index in [4.69, 9.17) is 5.90 Å². The summed E-state index contributed by atoms with van der Waals surface area (Å²) in [6.45, 7) is 5.40. The highest BCUT2D eigenvalue weighted by Crippen LogP contribution is 2.01. The lowest BCUT2D eigenvalue weighted by atomic mass is 10.2. The van der Waals surface area contributed by atoms with Gasteiger partial charge in [-0.2, -0.15) is 5.10 Å². The summed E-state index contributed by atoms with van der Waals surface area (Å²) in [4.78, 5) is 8.49. The molecule has 68 valence electrons. The molecule has 5 nitrogen and oxygen atoms in total. The summed E-state index contributed by atoms with van der Waals surface area (Å²) in [5, 5.41) is 4.04. The van der Waals surface area contributed by atoms with Crippen LogP contribution in [0.15, 0.2) is 6.33 Å². The molecule has 5 heteroatoms. The van der Waals surface area contributed by atoms with Gasteiger partial charge in [0.15, 0.2) is 5.82 Å². The van der Waals surface area contributed by atoms with E-state index in [9.17, 15) is 0 Å². The maximum atomic E-state index is 4.94. The van der Waals surface area contributed by atoms with E-state index in [1.807, 2.05) is 0 Å². The summed E-state index contributed by atoms with van der Waals surface area (Å²) in [7, 11) is 0. The van der Waals surface area contributed by atoms with Crippen molar-refractivity contribution in [2.75, 3.05) is 0 Å². The molecule has 0 aliphatic heterocycles. The van der Waals surface area contributed by atoms with Crippen LogP contribution in [0.3, 0.4) is 0 Å². The van der Waals surface area contributed by atoms with Crippen LogP contribution in [0.5, 0.6) is 0 Å². The van der Waals surface area contributed by atoms with Crippen LogP contribution in [0, 0.1) is 5.92 Å². The van der Waals surface area contributed by atoms with Crippen LogP contribution in [-0.2, 0) is 18.0 Å². The lowest BCUT2D eigenvalue weighted by molar-refractivity contribution is 0.114. The van der Waals surface area contributed by atoms with Gasteiger partial charge in [-0.25, -0.2) is 15.6 Å². The summed E-state index contributed by atoms with van der Waals surface area (Å²) < 4.78 is 1.80. The molecule has 0 aromatic carbocycles. The Bertz CT molecular complexity index is 233. The Morgan fingerprint density at radius 1 is 1.67 bits per heavy atom. The molecule has 0 saturated heterocycles. The zero-order valence-corrected chi connectivity index (χ0v) is 7.40. The van der Waals surface area contributed by atoms with Crippen molar-refractivity contribution in [3.8, 4) is 0 Å². The molecule has 1 rings (SSSR count). The summed E-state index contributed by atoms with van der Waals surface area (Å²) in [5.41, 5.74) is 0. The van der Waals surface area contributed by atoms with E-state index in [0.29, 0.717) is 12.5 Å².